The Kier molecular flexibility index (Phi) is 6.48. The molecule has 0 bridgehead atoms. The molecule has 6 nitrogen and oxygen atoms in total. The van der Waals surface area contributed by atoms with Crippen molar-refractivity contribution >= 4 is 32.8 Å². The minimum Gasteiger partial charge on any atom is -0.495 e. The molecule has 186 valence electrons. The lowest BCUT2D eigenvalue weighted by atomic mass is 9.90. The van der Waals surface area contributed by atoms with Gasteiger partial charge in [-0.25, -0.2) is 9.78 Å². The molecule has 1 aromatic heterocycles. The number of benzene rings is 2. The number of alkyl halides is 4. The number of carbonyl (C=O) groups excluding carboxylic acids is 1. The normalized spacial score (nSPS) is 20.9. The van der Waals surface area contributed by atoms with Crippen molar-refractivity contribution in [3.8, 4) is 11.6 Å². The minimum atomic E-state index is -5.11. The highest BCUT2D eigenvalue weighted by atomic mass is 79.9. The van der Waals surface area contributed by atoms with E-state index < -0.39 is 39.8 Å². The van der Waals surface area contributed by atoms with Gasteiger partial charge in [0.1, 0.15) is 11.4 Å². The third-order valence-electron chi connectivity index (χ3n) is 6.03. The third-order valence-corrected chi connectivity index (χ3v) is 7.61. The average Bonchev–Trinajstić information content (AvgIpc) is 2.81. The highest BCUT2D eigenvalue weighted by Crippen LogP contribution is 2.52. The van der Waals surface area contributed by atoms with E-state index in [1.54, 1.807) is 44.2 Å². The molecule has 0 fully saturated rings. The number of carbonyl (C=O) groups is 1. The van der Waals surface area contributed by atoms with Crippen LogP contribution in [0.15, 0.2) is 54.6 Å². The Labute approximate surface area is 208 Å². The van der Waals surface area contributed by atoms with Crippen molar-refractivity contribution < 1.29 is 36.9 Å². The van der Waals surface area contributed by atoms with Gasteiger partial charge < -0.3 is 18.9 Å². The molecule has 2 heterocycles. The van der Waals surface area contributed by atoms with E-state index in [0.29, 0.717) is 10.9 Å². The molecule has 0 saturated carbocycles. The van der Waals surface area contributed by atoms with E-state index in [0.717, 1.165) is 7.11 Å². The van der Waals surface area contributed by atoms with Crippen LogP contribution in [0.1, 0.15) is 31.1 Å². The molecule has 10 heteroatoms. The fourth-order valence-corrected chi connectivity index (χ4v) is 4.71. The molecule has 0 unspecified atom stereocenters. The molecule has 0 saturated heterocycles. The van der Waals surface area contributed by atoms with Gasteiger partial charge in [0.05, 0.1) is 23.0 Å². The first-order chi connectivity index (χ1) is 16.5. The van der Waals surface area contributed by atoms with Crippen molar-refractivity contribution in [1.82, 2.24) is 4.98 Å². The van der Waals surface area contributed by atoms with Crippen LogP contribution in [0.25, 0.3) is 10.9 Å². The van der Waals surface area contributed by atoms with Crippen molar-refractivity contribution in [1.29, 1.82) is 0 Å². The number of fused-ring (bicyclic) bond motifs is 2. The third kappa shape index (κ3) is 4.02. The topological polar surface area (TPSA) is 66.9 Å². The lowest BCUT2D eigenvalue weighted by molar-refractivity contribution is -0.279. The number of para-hydroxylation sites is 1. The Hall–Kier alpha value is -2.85. The summed E-state index contributed by atoms with van der Waals surface area (Å²) >= 11 is 3.49. The number of aromatic nitrogens is 1. The fourth-order valence-electron chi connectivity index (χ4n) is 4.24. The molecular formula is C25H23BrF3NO5. The first-order valence-electron chi connectivity index (χ1n) is 10.7. The van der Waals surface area contributed by atoms with E-state index in [2.05, 4.69) is 20.9 Å². The standard InChI is InChI=1S/C25H23BrF3NO5/c1-23(2)20(26)19(17-18(32-3)15-12-8-9-13-16(15)30-21(17)35-23)34-22(31)24(33-4,25(27,28)29)14-10-6-5-7-11-14/h5-13,19-20H,1-4H3/t19-,20-,24-/m1/s1. The highest BCUT2D eigenvalue weighted by molar-refractivity contribution is 9.09. The number of hydrogen-bond donors (Lipinski definition) is 0. The molecule has 4 rings (SSSR count). The van der Waals surface area contributed by atoms with E-state index in [1.165, 1.54) is 31.4 Å². The maximum absolute atomic E-state index is 14.5. The molecule has 3 atom stereocenters. The largest absolute Gasteiger partial charge is 0.495 e. The van der Waals surface area contributed by atoms with Gasteiger partial charge in [0.2, 0.25) is 5.88 Å². The molecule has 1 aliphatic heterocycles. The van der Waals surface area contributed by atoms with Gasteiger partial charge in [-0.15, -0.1) is 0 Å². The Morgan fingerprint density at radius 2 is 1.69 bits per heavy atom. The lowest BCUT2D eigenvalue weighted by Gasteiger charge is -2.42. The second kappa shape index (κ2) is 8.98. The summed E-state index contributed by atoms with van der Waals surface area (Å²) in [6.07, 6.45) is -6.36. The summed E-state index contributed by atoms with van der Waals surface area (Å²) < 4.78 is 65.7. The first-order valence-corrected chi connectivity index (χ1v) is 11.6. The lowest BCUT2D eigenvalue weighted by Crippen LogP contribution is -2.54. The van der Waals surface area contributed by atoms with Crippen LogP contribution in [-0.4, -0.2) is 41.8 Å². The van der Waals surface area contributed by atoms with Crippen molar-refractivity contribution in [2.24, 2.45) is 0 Å². The number of esters is 1. The second-order valence-electron chi connectivity index (χ2n) is 8.56. The van der Waals surface area contributed by atoms with Gasteiger partial charge in [0, 0.05) is 18.1 Å². The Bertz CT molecular complexity index is 1250. The second-order valence-corrected chi connectivity index (χ2v) is 9.55. The van der Waals surface area contributed by atoms with Crippen LogP contribution in [0, 0.1) is 0 Å². The summed E-state index contributed by atoms with van der Waals surface area (Å²) in [5.41, 5.74) is -3.97. The van der Waals surface area contributed by atoms with Gasteiger partial charge >= 0.3 is 12.1 Å². The maximum atomic E-state index is 14.5. The Balaban J connectivity index is 1.90. The number of pyridine rings is 1. The molecule has 0 spiro atoms. The molecule has 35 heavy (non-hydrogen) atoms. The number of rotatable bonds is 5. The maximum Gasteiger partial charge on any atom is 0.432 e. The summed E-state index contributed by atoms with van der Waals surface area (Å²) in [7, 11) is 2.24. The van der Waals surface area contributed by atoms with Crippen LogP contribution in [0.4, 0.5) is 13.2 Å². The van der Waals surface area contributed by atoms with E-state index in [9.17, 15) is 18.0 Å². The summed E-state index contributed by atoms with van der Waals surface area (Å²) in [6, 6.07) is 13.7. The number of halogens is 4. The molecular weight excluding hydrogens is 531 g/mol. The smallest absolute Gasteiger partial charge is 0.432 e. The quantitative estimate of drug-likeness (QED) is 0.291. The molecule has 2 aromatic carbocycles. The van der Waals surface area contributed by atoms with E-state index in [1.807, 2.05) is 0 Å². The van der Waals surface area contributed by atoms with Gasteiger partial charge in [-0.3, -0.25) is 0 Å². The van der Waals surface area contributed by atoms with Crippen molar-refractivity contribution in [3.05, 3.63) is 65.7 Å². The van der Waals surface area contributed by atoms with Gasteiger partial charge in [0.15, 0.2) is 6.10 Å². The van der Waals surface area contributed by atoms with Crippen LogP contribution in [-0.2, 0) is 19.9 Å². The fraction of sp³-hybridized carbons (Fsp3) is 0.360. The van der Waals surface area contributed by atoms with Crippen LogP contribution in [0.2, 0.25) is 0 Å². The molecule has 0 N–H and O–H groups in total. The average molecular weight is 554 g/mol. The van der Waals surface area contributed by atoms with Crippen LogP contribution in [0.5, 0.6) is 11.6 Å². The summed E-state index contributed by atoms with van der Waals surface area (Å²) in [5, 5.41) is 0.592. The monoisotopic (exact) mass is 553 g/mol. The predicted molar refractivity (Wildman–Crippen MR) is 126 cm³/mol. The van der Waals surface area contributed by atoms with Gasteiger partial charge in [-0.2, -0.15) is 13.2 Å². The van der Waals surface area contributed by atoms with Crippen LogP contribution in [0.3, 0.4) is 0 Å². The zero-order chi connectivity index (χ0) is 25.6. The van der Waals surface area contributed by atoms with Gasteiger partial charge in [-0.05, 0) is 26.0 Å². The van der Waals surface area contributed by atoms with E-state index in [-0.39, 0.29) is 17.2 Å². The summed E-state index contributed by atoms with van der Waals surface area (Å²) in [4.78, 5) is 17.2. The summed E-state index contributed by atoms with van der Waals surface area (Å²) in [5.74, 6) is -1.22. The number of nitrogens with zero attached hydrogens (tertiary/aromatic N) is 1. The highest BCUT2D eigenvalue weighted by Gasteiger charge is 2.65. The molecule has 1 aliphatic rings. The van der Waals surface area contributed by atoms with Gasteiger partial charge in [-0.1, -0.05) is 58.4 Å². The van der Waals surface area contributed by atoms with Crippen molar-refractivity contribution in [2.75, 3.05) is 14.2 Å². The van der Waals surface area contributed by atoms with Gasteiger partial charge in [0.25, 0.3) is 5.60 Å². The number of ether oxygens (including phenoxy) is 4. The SMILES string of the molecule is COc1c2c(nc3ccccc13)OC(C)(C)[C@H](Br)[C@@H]2OC(=O)[C@](OC)(c1ccccc1)C(F)(F)F. The zero-order valence-corrected chi connectivity index (χ0v) is 20.9. The molecule has 0 aliphatic carbocycles. The molecule has 0 radical (unpaired) electrons. The molecule has 3 aromatic rings. The van der Waals surface area contributed by atoms with E-state index in [4.69, 9.17) is 18.9 Å². The Morgan fingerprint density at radius 3 is 2.29 bits per heavy atom. The predicted octanol–water partition coefficient (Wildman–Crippen LogP) is 5.87. The summed E-state index contributed by atoms with van der Waals surface area (Å²) in [6.45, 7) is 3.42. The Morgan fingerprint density at radius 1 is 1.06 bits per heavy atom. The number of hydrogen-bond acceptors (Lipinski definition) is 6. The van der Waals surface area contributed by atoms with Crippen molar-refractivity contribution in [2.45, 2.75) is 42.2 Å². The van der Waals surface area contributed by atoms with Crippen molar-refractivity contribution in [3.63, 3.8) is 0 Å². The number of methoxy groups -OCH3 is 2. The molecule has 0 amide bonds. The zero-order valence-electron chi connectivity index (χ0n) is 19.4. The minimum absolute atomic E-state index is 0.105. The van der Waals surface area contributed by atoms with E-state index >= 15 is 0 Å². The van der Waals surface area contributed by atoms with Crippen LogP contribution < -0.4 is 9.47 Å². The first kappa shape index (κ1) is 25.2. The van der Waals surface area contributed by atoms with Crippen LogP contribution >= 0.6 is 15.9 Å².